The number of nitrogens with two attached hydrogens (primary N) is 1. The second-order valence-corrected chi connectivity index (χ2v) is 5.99. The van der Waals surface area contributed by atoms with Crippen LogP contribution in [-0.2, 0) is 4.79 Å². The third kappa shape index (κ3) is 3.80. The first kappa shape index (κ1) is 15.9. The average molecular weight is 330 g/mol. The molecule has 0 spiro atoms. The number of carbonyl (C=O) groups excluding carboxylic acids is 2. The molecular weight excluding hydrogens is 313 g/mol. The van der Waals surface area contributed by atoms with Crippen LogP contribution in [0, 0.1) is 0 Å². The number of carbonyl (C=O) groups is 2. The highest BCUT2D eigenvalue weighted by atomic mass is 35.5. The summed E-state index contributed by atoms with van der Waals surface area (Å²) in [4.78, 5) is 24.8. The van der Waals surface area contributed by atoms with Crippen molar-refractivity contribution in [3.63, 3.8) is 0 Å². The Morgan fingerprint density at radius 3 is 2.67 bits per heavy atom. The fourth-order valence-electron chi connectivity index (χ4n) is 2.34. The minimum Gasteiger partial charge on any atom is -0.351 e. The molecule has 1 aromatic carbocycles. The predicted octanol–water partition coefficient (Wildman–Crippen LogP) is 2.37. The summed E-state index contributed by atoms with van der Waals surface area (Å²) in [5.74, 6) is -0.452. The lowest BCUT2D eigenvalue weighted by atomic mass is 10.00. The van der Waals surface area contributed by atoms with Crippen molar-refractivity contribution in [1.82, 2.24) is 10.2 Å². The Balaban J connectivity index is 1.97. The van der Waals surface area contributed by atoms with Gasteiger partial charge in [0.1, 0.15) is 0 Å². The van der Waals surface area contributed by atoms with Gasteiger partial charge in [0, 0.05) is 19.1 Å². The first-order valence-corrected chi connectivity index (χ1v) is 7.43. The van der Waals surface area contributed by atoms with Crippen LogP contribution in [0.25, 0.3) is 0 Å². The molecule has 0 bridgehead atoms. The summed E-state index contributed by atoms with van der Waals surface area (Å²) in [6.45, 7) is 2.83. The van der Waals surface area contributed by atoms with Gasteiger partial charge in [-0.3, -0.25) is 4.79 Å². The van der Waals surface area contributed by atoms with Crippen molar-refractivity contribution in [1.29, 1.82) is 0 Å². The number of urea groups is 1. The van der Waals surface area contributed by atoms with E-state index in [9.17, 15) is 9.59 Å². The minimum atomic E-state index is -0.454. The van der Waals surface area contributed by atoms with Crippen LogP contribution in [-0.4, -0.2) is 36.0 Å². The summed E-state index contributed by atoms with van der Waals surface area (Å²) in [6, 6.07) is 4.63. The lowest BCUT2D eigenvalue weighted by Gasteiger charge is -2.18. The summed E-state index contributed by atoms with van der Waals surface area (Å²) in [5, 5.41) is 3.82. The quantitative estimate of drug-likeness (QED) is 0.893. The molecule has 114 valence electrons. The number of primary amides is 1. The van der Waals surface area contributed by atoms with Crippen LogP contribution in [0.15, 0.2) is 18.2 Å². The van der Waals surface area contributed by atoms with Crippen molar-refractivity contribution in [2.24, 2.45) is 5.73 Å². The fraction of sp³-hybridized carbons (Fsp3) is 0.429. The molecule has 1 aliphatic heterocycles. The number of hydrogen-bond acceptors (Lipinski definition) is 2. The standard InChI is InChI=1S/C14H17Cl2N3O2/c1-8(9-2-3-11(15)12(16)6-9)13(20)18-10-4-5-19(7-10)14(17)21/h2-3,6,8,10H,4-5,7H2,1H3,(H2,17,21)(H,18,20)/t8-,10-/m0/s1. The molecule has 0 saturated carbocycles. The SMILES string of the molecule is C[C@H](C(=O)N[C@H]1CCN(C(N)=O)C1)c1ccc(Cl)c(Cl)c1. The molecule has 3 N–H and O–H groups in total. The smallest absolute Gasteiger partial charge is 0.314 e. The number of amides is 3. The molecule has 1 fully saturated rings. The van der Waals surface area contributed by atoms with E-state index in [4.69, 9.17) is 28.9 Å². The summed E-state index contributed by atoms with van der Waals surface area (Å²) in [7, 11) is 0. The summed E-state index contributed by atoms with van der Waals surface area (Å²) >= 11 is 11.8. The van der Waals surface area contributed by atoms with Gasteiger partial charge in [0.05, 0.1) is 16.0 Å². The lowest BCUT2D eigenvalue weighted by Crippen LogP contribution is -2.41. The summed E-state index contributed by atoms with van der Waals surface area (Å²) in [6.07, 6.45) is 0.711. The van der Waals surface area contributed by atoms with Crippen LogP contribution in [0.4, 0.5) is 4.79 Å². The monoisotopic (exact) mass is 329 g/mol. The largest absolute Gasteiger partial charge is 0.351 e. The lowest BCUT2D eigenvalue weighted by molar-refractivity contribution is -0.122. The second kappa shape index (κ2) is 6.54. The number of likely N-dealkylation sites (tertiary alicyclic amines) is 1. The fourth-order valence-corrected chi connectivity index (χ4v) is 2.64. The first-order chi connectivity index (χ1) is 9.88. The molecule has 1 aromatic rings. The zero-order valence-corrected chi connectivity index (χ0v) is 13.1. The maximum absolute atomic E-state index is 12.3. The van der Waals surface area contributed by atoms with Gasteiger partial charge >= 0.3 is 6.03 Å². The molecule has 7 heteroatoms. The summed E-state index contributed by atoms with van der Waals surface area (Å²) < 4.78 is 0. The molecular formula is C14H17Cl2N3O2. The van der Waals surface area contributed by atoms with Gasteiger partial charge in [0.25, 0.3) is 0 Å². The Morgan fingerprint density at radius 2 is 2.10 bits per heavy atom. The molecule has 21 heavy (non-hydrogen) atoms. The Bertz CT molecular complexity index is 565. The Kier molecular flexibility index (Phi) is 4.96. The van der Waals surface area contributed by atoms with E-state index < -0.39 is 6.03 Å². The highest BCUT2D eigenvalue weighted by molar-refractivity contribution is 6.42. The van der Waals surface area contributed by atoms with Crippen molar-refractivity contribution in [2.45, 2.75) is 25.3 Å². The van der Waals surface area contributed by atoms with E-state index in [0.29, 0.717) is 29.6 Å². The van der Waals surface area contributed by atoms with Crippen molar-refractivity contribution in [3.05, 3.63) is 33.8 Å². The van der Waals surface area contributed by atoms with Crippen LogP contribution in [0.1, 0.15) is 24.8 Å². The maximum atomic E-state index is 12.3. The van der Waals surface area contributed by atoms with Crippen LogP contribution >= 0.6 is 23.2 Å². The Hall–Kier alpha value is -1.46. The highest BCUT2D eigenvalue weighted by Crippen LogP contribution is 2.26. The van der Waals surface area contributed by atoms with Crippen molar-refractivity contribution in [3.8, 4) is 0 Å². The predicted molar refractivity (Wildman–Crippen MR) is 82.6 cm³/mol. The topological polar surface area (TPSA) is 75.4 Å². The van der Waals surface area contributed by atoms with E-state index in [1.54, 1.807) is 25.1 Å². The van der Waals surface area contributed by atoms with Crippen LogP contribution < -0.4 is 11.1 Å². The Labute approximate surface area is 133 Å². The van der Waals surface area contributed by atoms with Crippen molar-refractivity contribution >= 4 is 35.1 Å². The van der Waals surface area contributed by atoms with E-state index in [2.05, 4.69) is 5.32 Å². The van der Waals surface area contributed by atoms with Crippen molar-refractivity contribution in [2.75, 3.05) is 13.1 Å². The molecule has 0 aliphatic carbocycles. The molecule has 2 atom stereocenters. The van der Waals surface area contributed by atoms with E-state index in [1.165, 1.54) is 4.90 Å². The molecule has 1 saturated heterocycles. The number of rotatable bonds is 3. The number of hydrogen-bond donors (Lipinski definition) is 2. The van der Waals surface area contributed by atoms with Gasteiger partial charge in [-0.15, -0.1) is 0 Å². The third-order valence-electron chi connectivity index (χ3n) is 3.68. The molecule has 0 unspecified atom stereocenters. The molecule has 0 radical (unpaired) electrons. The molecule has 5 nitrogen and oxygen atoms in total. The Morgan fingerprint density at radius 1 is 1.38 bits per heavy atom. The van der Waals surface area contributed by atoms with E-state index in [-0.39, 0.29) is 17.9 Å². The molecule has 1 aliphatic rings. The van der Waals surface area contributed by atoms with Crippen molar-refractivity contribution < 1.29 is 9.59 Å². The number of nitrogens with zero attached hydrogens (tertiary/aromatic N) is 1. The second-order valence-electron chi connectivity index (χ2n) is 5.17. The molecule has 3 amide bonds. The van der Waals surface area contributed by atoms with Crippen LogP contribution in [0.2, 0.25) is 10.0 Å². The third-order valence-corrected chi connectivity index (χ3v) is 4.42. The normalized spacial score (nSPS) is 19.4. The average Bonchev–Trinajstić information content (AvgIpc) is 2.89. The highest BCUT2D eigenvalue weighted by Gasteiger charge is 2.27. The zero-order valence-electron chi connectivity index (χ0n) is 11.6. The van der Waals surface area contributed by atoms with Gasteiger partial charge in [-0.2, -0.15) is 0 Å². The minimum absolute atomic E-state index is 0.0600. The van der Waals surface area contributed by atoms with E-state index in [0.717, 1.165) is 5.56 Å². The molecule has 1 heterocycles. The number of benzene rings is 1. The molecule has 0 aromatic heterocycles. The van der Waals surface area contributed by atoms with E-state index >= 15 is 0 Å². The van der Waals surface area contributed by atoms with Gasteiger partial charge in [-0.25, -0.2) is 4.79 Å². The van der Waals surface area contributed by atoms with Gasteiger partial charge in [-0.1, -0.05) is 29.3 Å². The number of nitrogens with one attached hydrogen (secondary N) is 1. The van der Waals surface area contributed by atoms with Crippen LogP contribution in [0.3, 0.4) is 0 Å². The summed E-state index contributed by atoms with van der Waals surface area (Å²) in [5.41, 5.74) is 6.02. The van der Waals surface area contributed by atoms with Gasteiger partial charge < -0.3 is 16.0 Å². The maximum Gasteiger partial charge on any atom is 0.314 e. The number of halogens is 2. The van der Waals surface area contributed by atoms with Gasteiger partial charge in [0.2, 0.25) is 5.91 Å². The molecule has 2 rings (SSSR count). The zero-order chi connectivity index (χ0) is 15.6. The first-order valence-electron chi connectivity index (χ1n) is 6.68. The van der Waals surface area contributed by atoms with Gasteiger partial charge in [-0.05, 0) is 31.0 Å². The van der Waals surface area contributed by atoms with Gasteiger partial charge in [0.15, 0.2) is 0 Å². The van der Waals surface area contributed by atoms with E-state index in [1.807, 2.05) is 0 Å². The van der Waals surface area contributed by atoms with Crippen LogP contribution in [0.5, 0.6) is 0 Å².